The third-order valence-electron chi connectivity index (χ3n) is 7.85. The van der Waals surface area contributed by atoms with Crippen LogP contribution in [0.15, 0.2) is 48.5 Å². The van der Waals surface area contributed by atoms with E-state index in [0.717, 1.165) is 23.8 Å². The molecule has 0 aliphatic carbocycles. The first-order chi connectivity index (χ1) is 19.1. The van der Waals surface area contributed by atoms with Crippen LogP contribution in [-0.2, 0) is 16.1 Å². The summed E-state index contributed by atoms with van der Waals surface area (Å²) in [5.41, 5.74) is -0.983. The van der Waals surface area contributed by atoms with E-state index >= 15 is 0 Å². The Morgan fingerprint density at radius 2 is 1.98 bits per heavy atom. The van der Waals surface area contributed by atoms with Gasteiger partial charge in [-0.1, -0.05) is 51.1 Å². The second kappa shape index (κ2) is 11.3. The lowest BCUT2D eigenvalue weighted by molar-refractivity contribution is -0.149. The van der Waals surface area contributed by atoms with Crippen molar-refractivity contribution in [1.29, 1.82) is 0 Å². The number of amides is 1. The summed E-state index contributed by atoms with van der Waals surface area (Å²) in [4.78, 5) is 18.8. The number of rotatable bonds is 8. The molecule has 2 aliphatic rings. The number of alkyl halides is 1. The number of ether oxygens (including phenoxy) is 1. The number of halogens is 3. The zero-order valence-corrected chi connectivity index (χ0v) is 23.1. The lowest BCUT2D eigenvalue weighted by Crippen LogP contribution is -2.55. The number of nitrogens with zero attached hydrogens (tertiary/aromatic N) is 3. The summed E-state index contributed by atoms with van der Waals surface area (Å²) >= 11 is 0. The van der Waals surface area contributed by atoms with Crippen molar-refractivity contribution in [2.45, 2.75) is 57.8 Å². The normalized spacial score (nSPS) is 23.9. The third-order valence-corrected chi connectivity index (χ3v) is 7.85. The Morgan fingerprint density at radius 1 is 1.20 bits per heavy atom. The molecule has 2 fully saturated rings. The van der Waals surface area contributed by atoms with Crippen LogP contribution in [0.3, 0.4) is 0 Å². The fourth-order valence-corrected chi connectivity index (χ4v) is 5.99. The molecule has 0 saturated carbocycles. The number of hydrogen-bond acceptors (Lipinski definition) is 5. The maximum atomic E-state index is 14.9. The van der Waals surface area contributed by atoms with Crippen LogP contribution in [0.2, 0.25) is 0 Å². The van der Waals surface area contributed by atoms with Crippen molar-refractivity contribution in [2.75, 3.05) is 26.2 Å². The van der Waals surface area contributed by atoms with Gasteiger partial charge in [-0.25, -0.2) is 22.8 Å². The minimum absolute atomic E-state index is 0.0306. The van der Waals surface area contributed by atoms with Crippen molar-refractivity contribution >= 4 is 5.91 Å². The van der Waals surface area contributed by atoms with E-state index in [0.29, 0.717) is 38.4 Å². The van der Waals surface area contributed by atoms with Crippen LogP contribution in [0.4, 0.5) is 13.2 Å². The molecule has 1 unspecified atom stereocenters. The van der Waals surface area contributed by atoms with Gasteiger partial charge < -0.3 is 15.4 Å². The predicted octanol–water partition coefficient (Wildman–Crippen LogP) is 4.62. The summed E-state index contributed by atoms with van der Waals surface area (Å²) in [5, 5.41) is 10.6. The summed E-state index contributed by atoms with van der Waals surface area (Å²) < 4.78 is 51.3. The Kier molecular flexibility index (Phi) is 8.01. The van der Waals surface area contributed by atoms with E-state index in [1.165, 1.54) is 0 Å². The Morgan fingerprint density at radius 3 is 2.62 bits per heavy atom. The molecule has 40 heavy (non-hydrogen) atoms. The molecular weight excluding hydrogens is 519 g/mol. The van der Waals surface area contributed by atoms with Gasteiger partial charge in [-0.3, -0.25) is 4.79 Å². The highest BCUT2D eigenvalue weighted by molar-refractivity contribution is 5.87. The van der Waals surface area contributed by atoms with Crippen LogP contribution in [-0.4, -0.2) is 58.7 Å². The minimum atomic E-state index is -1.30. The summed E-state index contributed by atoms with van der Waals surface area (Å²) in [7, 11) is 0. The fraction of sp³-hybridized carbons (Fsp3) is 0.500. The molecule has 2 N–H and O–H groups in total. The molecule has 0 radical (unpaired) electrons. The average Bonchev–Trinajstić information content (AvgIpc) is 3.66. The van der Waals surface area contributed by atoms with Gasteiger partial charge in [0, 0.05) is 32.2 Å². The van der Waals surface area contributed by atoms with Crippen LogP contribution in [0.5, 0.6) is 0 Å². The summed E-state index contributed by atoms with van der Waals surface area (Å²) in [6.45, 7) is 7.63. The second-order valence-corrected chi connectivity index (χ2v) is 11.8. The zero-order chi connectivity index (χ0) is 28.5. The number of benzene rings is 2. The van der Waals surface area contributed by atoms with Gasteiger partial charge in [-0.05, 0) is 42.0 Å². The first-order valence-electron chi connectivity index (χ1n) is 13.8. The molecular formula is C30H36F3N5O2. The van der Waals surface area contributed by atoms with E-state index < -0.39 is 34.7 Å². The highest BCUT2D eigenvalue weighted by Gasteiger charge is 2.56. The lowest BCUT2D eigenvalue weighted by Gasteiger charge is -2.42. The van der Waals surface area contributed by atoms with Gasteiger partial charge in [0.2, 0.25) is 0 Å². The van der Waals surface area contributed by atoms with E-state index in [1.54, 1.807) is 4.68 Å². The van der Waals surface area contributed by atoms with Gasteiger partial charge in [0.1, 0.15) is 23.6 Å². The number of hydrogen-bond donors (Lipinski definition) is 2. The van der Waals surface area contributed by atoms with E-state index in [-0.39, 0.29) is 36.3 Å². The highest BCUT2D eigenvalue weighted by Crippen LogP contribution is 2.49. The van der Waals surface area contributed by atoms with E-state index in [2.05, 4.69) is 15.7 Å². The molecule has 0 bridgehead atoms. The van der Waals surface area contributed by atoms with Crippen LogP contribution in [0.25, 0.3) is 11.4 Å². The Bertz CT molecular complexity index is 1330. The largest absolute Gasteiger partial charge is 0.364 e. The molecule has 214 valence electrons. The molecule has 0 spiro atoms. The molecule has 1 amide bonds. The Hall–Kier alpha value is -3.24. The van der Waals surface area contributed by atoms with Crippen LogP contribution < -0.4 is 10.6 Å². The smallest absolute Gasteiger partial charge is 0.253 e. The number of carbonyl (C=O) groups excluding carboxylic acids is 1. The quantitative estimate of drug-likeness (QED) is 0.424. The molecule has 4 atom stereocenters. The van der Waals surface area contributed by atoms with Gasteiger partial charge in [-0.15, -0.1) is 0 Å². The number of aromatic nitrogens is 3. The fourth-order valence-electron chi connectivity index (χ4n) is 5.99. The van der Waals surface area contributed by atoms with Gasteiger partial charge in [-0.2, -0.15) is 5.10 Å². The van der Waals surface area contributed by atoms with Gasteiger partial charge >= 0.3 is 0 Å². The van der Waals surface area contributed by atoms with Gasteiger partial charge in [0.05, 0.1) is 18.0 Å². The number of nitrogens with one attached hydrogen (secondary N) is 2. The first-order valence-corrected chi connectivity index (χ1v) is 13.8. The topological polar surface area (TPSA) is 81.1 Å². The molecule has 7 nitrogen and oxygen atoms in total. The molecule has 5 rings (SSSR count). The SMILES string of the molecule is CC(C)(C)[C@H](c1nc(-c2cc(F)ccc2F)nn1Cc1ccccc1)C1(C(=O)NC[C@H]2CNC[C@@H]2F)CCCO1. The lowest BCUT2D eigenvalue weighted by atomic mass is 9.68. The van der Waals surface area contributed by atoms with Crippen molar-refractivity contribution in [3.63, 3.8) is 0 Å². The molecule has 1 aromatic heterocycles. The van der Waals surface area contributed by atoms with Crippen molar-refractivity contribution < 1.29 is 22.7 Å². The number of carbonyl (C=O) groups is 1. The van der Waals surface area contributed by atoms with Crippen molar-refractivity contribution in [2.24, 2.45) is 11.3 Å². The Balaban J connectivity index is 1.60. The summed E-state index contributed by atoms with van der Waals surface area (Å²) in [6.07, 6.45) is 0.0661. The molecule has 2 saturated heterocycles. The van der Waals surface area contributed by atoms with Crippen molar-refractivity contribution in [1.82, 2.24) is 25.4 Å². The molecule has 3 aromatic rings. The molecule has 2 aromatic carbocycles. The second-order valence-electron chi connectivity index (χ2n) is 11.8. The van der Waals surface area contributed by atoms with E-state index in [4.69, 9.17) is 9.72 Å². The summed E-state index contributed by atoms with van der Waals surface area (Å²) in [5.74, 6) is -2.02. The Labute approximate surface area is 232 Å². The molecule has 2 aliphatic heterocycles. The standard InChI is InChI=1S/C30H36F3N5O2/c1-29(2,3)25(30(12-7-13-40-30)28(39)35-16-20-15-34-17-24(20)33)27-36-26(22-14-21(31)10-11-23(22)32)37-38(27)18-19-8-5-4-6-9-19/h4-6,8-11,14,20,24-25,34H,7,12-13,15-18H2,1-3H3,(H,35,39)/t20-,24+,25+,30?/m1/s1. The van der Waals surface area contributed by atoms with Crippen molar-refractivity contribution in [3.05, 3.63) is 71.6 Å². The molecule has 3 heterocycles. The highest BCUT2D eigenvalue weighted by atomic mass is 19.1. The molecule has 10 heteroatoms. The van der Waals surface area contributed by atoms with Crippen LogP contribution in [0.1, 0.15) is 50.9 Å². The average molecular weight is 556 g/mol. The van der Waals surface area contributed by atoms with E-state index in [1.807, 2.05) is 51.1 Å². The van der Waals surface area contributed by atoms with E-state index in [9.17, 15) is 18.0 Å². The maximum absolute atomic E-state index is 14.9. The summed E-state index contributed by atoms with van der Waals surface area (Å²) in [6, 6.07) is 12.8. The first kappa shape index (κ1) is 28.3. The minimum Gasteiger partial charge on any atom is -0.364 e. The maximum Gasteiger partial charge on any atom is 0.253 e. The van der Waals surface area contributed by atoms with Gasteiger partial charge in [0.15, 0.2) is 11.4 Å². The van der Waals surface area contributed by atoms with Gasteiger partial charge in [0.25, 0.3) is 5.91 Å². The van der Waals surface area contributed by atoms with Crippen LogP contribution >= 0.6 is 0 Å². The van der Waals surface area contributed by atoms with Crippen molar-refractivity contribution in [3.8, 4) is 11.4 Å². The van der Waals surface area contributed by atoms with Crippen LogP contribution in [0, 0.1) is 23.0 Å². The predicted molar refractivity (Wildman–Crippen MR) is 145 cm³/mol. The zero-order valence-electron chi connectivity index (χ0n) is 23.1. The monoisotopic (exact) mass is 555 g/mol. The third kappa shape index (κ3) is 5.65.